The third-order valence-corrected chi connectivity index (χ3v) is 5.15. The third kappa shape index (κ3) is 3.72. The maximum Gasteiger partial charge on any atom is 0.241 e. The topological polar surface area (TPSA) is 76.9 Å². The van der Waals surface area contributed by atoms with Gasteiger partial charge in [-0.15, -0.1) is 0 Å². The lowest BCUT2D eigenvalue weighted by atomic mass is 10.1. The highest BCUT2D eigenvalue weighted by molar-refractivity contribution is 7.89. The summed E-state index contributed by atoms with van der Waals surface area (Å²) in [6.07, 6.45) is 2.96. The van der Waals surface area contributed by atoms with Crippen molar-refractivity contribution in [2.24, 2.45) is 0 Å². The molecule has 130 valence electrons. The molecule has 0 bridgehead atoms. The van der Waals surface area contributed by atoms with Crippen LogP contribution in [0.2, 0.25) is 0 Å². The summed E-state index contributed by atoms with van der Waals surface area (Å²) in [5, 5.41) is 4.00. The van der Waals surface area contributed by atoms with Crippen molar-refractivity contribution in [1.29, 1.82) is 0 Å². The van der Waals surface area contributed by atoms with E-state index in [0.717, 1.165) is 17.8 Å². The number of nitrogens with zero attached hydrogens (tertiary/aromatic N) is 3. The summed E-state index contributed by atoms with van der Waals surface area (Å²) in [5.74, 6) is -2.32. The van der Waals surface area contributed by atoms with Crippen molar-refractivity contribution < 1.29 is 17.2 Å². The Hall–Kier alpha value is -2.65. The molecule has 1 heterocycles. The van der Waals surface area contributed by atoms with Gasteiger partial charge in [-0.2, -0.15) is 5.10 Å². The van der Waals surface area contributed by atoms with E-state index in [2.05, 4.69) is 14.8 Å². The Balaban J connectivity index is 1.78. The Bertz CT molecular complexity index is 974. The smallest absolute Gasteiger partial charge is 0.223 e. The molecular weight excluding hydrogens is 350 g/mol. The molecule has 0 unspecified atom stereocenters. The number of hydrogen-bond donors (Lipinski definition) is 1. The molecule has 1 N–H and O–H groups in total. The Morgan fingerprint density at radius 1 is 1.08 bits per heavy atom. The minimum atomic E-state index is -3.98. The van der Waals surface area contributed by atoms with E-state index in [4.69, 9.17) is 0 Å². The molecule has 25 heavy (non-hydrogen) atoms. The first-order chi connectivity index (χ1) is 11.9. The minimum Gasteiger partial charge on any atom is -0.223 e. The highest BCUT2D eigenvalue weighted by Crippen LogP contribution is 2.19. The lowest BCUT2D eigenvalue weighted by molar-refractivity contribution is 0.503. The van der Waals surface area contributed by atoms with Gasteiger partial charge in [-0.3, -0.25) is 0 Å². The van der Waals surface area contributed by atoms with Crippen LogP contribution in [0, 0.1) is 11.6 Å². The summed E-state index contributed by atoms with van der Waals surface area (Å²) >= 11 is 0. The second-order valence-electron chi connectivity index (χ2n) is 5.35. The molecule has 0 spiro atoms. The molecule has 9 heteroatoms. The van der Waals surface area contributed by atoms with Crippen molar-refractivity contribution >= 4 is 10.0 Å². The molecule has 0 fully saturated rings. The fourth-order valence-corrected chi connectivity index (χ4v) is 3.51. The molecular formula is C16H14F2N4O2S. The van der Waals surface area contributed by atoms with Crippen molar-refractivity contribution in [3.8, 4) is 5.69 Å². The second-order valence-corrected chi connectivity index (χ2v) is 7.06. The van der Waals surface area contributed by atoms with Gasteiger partial charge in [0, 0.05) is 6.04 Å². The lowest BCUT2D eigenvalue weighted by Crippen LogP contribution is -2.27. The fourth-order valence-electron chi connectivity index (χ4n) is 2.27. The molecule has 1 atom stereocenters. The maximum atomic E-state index is 13.3. The average Bonchev–Trinajstić information content (AvgIpc) is 3.11. The average molecular weight is 364 g/mol. The maximum absolute atomic E-state index is 13.3. The minimum absolute atomic E-state index is 0.336. The normalized spacial score (nSPS) is 12.9. The molecule has 0 aliphatic rings. The largest absolute Gasteiger partial charge is 0.241 e. The van der Waals surface area contributed by atoms with Crippen LogP contribution in [0.25, 0.3) is 5.69 Å². The van der Waals surface area contributed by atoms with Crippen LogP contribution < -0.4 is 4.72 Å². The SMILES string of the molecule is C[C@@H](NS(=O)(=O)c1ccc(F)c(F)c1)c1ccc(-n2cncn2)cc1. The van der Waals surface area contributed by atoms with E-state index in [1.807, 2.05) is 0 Å². The predicted molar refractivity (Wildman–Crippen MR) is 86.5 cm³/mol. The van der Waals surface area contributed by atoms with Crippen LogP contribution in [-0.4, -0.2) is 23.2 Å². The molecule has 0 aliphatic heterocycles. The number of benzene rings is 2. The predicted octanol–water partition coefficient (Wildman–Crippen LogP) is 2.59. The molecule has 0 aliphatic carbocycles. The molecule has 0 radical (unpaired) electrons. The molecule has 0 amide bonds. The number of nitrogens with one attached hydrogen (secondary N) is 1. The molecule has 0 saturated carbocycles. The Morgan fingerprint density at radius 3 is 2.40 bits per heavy atom. The van der Waals surface area contributed by atoms with Crippen LogP contribution >= 0.6 is 0 Å². The first-order valence-corrected chi connectivity index (χ1v) is 8.77. The number of sulfonamides is 1. The summed E-state index contributed by atoms with van der Waals surface area (Å²) < 4.78 is 54.9. The Morgan fingerprint density at radius 2 is 1.80 bits per heavy atom. The van der Waals surface area contributed by atoms with E-state index < -0.39 is 27.7 Å². The van der Waals surface area contributed by atoms with Crippen molar-refractivity contribution in [3.05, 3.63) is 72.3 Å². The second kappa shape index (κ2) is 6.69. The van der Waals surface area contributed by atoms with E-state index >= 15 is 0 Å². The van der Waals surface area contributed by atoms with Crippen molar-refractivity contribution in [2.75, 3.05) is 0 Å². The molecule has 0 saturated heterocycles. The summed E-state index contributed by atoms with van der Waals surface area (Å²) in [5.41, 5.74) is 1.48. The van der Waals surface area contributed by atoms with Crippen LogP contribution in [0.5, 0.6) is 0 Å². The number of rotatable bonds is 5. The van der Waals surface area contributed by atoms with Crippen molar-refractivity contribution in [1.82, 2.24) is 19.5 Å². The van der Waals surface area contributed by atoms with Crippen LogP contribution in [-0.2, 0) is 10.0 Å². The highest BCUT2D eigenvalue weighted by atomic mass is 32.2. The van der Waals surface area contributed by atoms with Gasteiger partial charge in [-0.1, -0.05) is 12.1 Å². The Kier molecular flexibility index (Phi) is 4.60. The van der Waals surface area contributed by atoms with E-state index in [1.165, 1.54) is 6.33 Å². The van der Waals surface area contributed by atoms with Crippen molar-refractivity contribution in [2.45, 2.75) is 17.9 Å². The number of halogens is 2. The summed E-state index contributed by atoms with van der Waals surface area (Å²) in [4.78, 5) is 3.52. The summed E-state index contributed by atoms with van der Waals surface area (Å²) in [7, 11) is -3.98. The van der Waals surface area contributed by atoms with Gasteiger partial charge in [-0.25, -0.2) is 31.6 Å². The monoisotopic (exact) mass is 364 g/mol. The summed E-state index contributed by atoms with van der Waals surface area (Å²) in [6, 6.07) is 8.91. The Labute approximate surface area is 143 Å². The van der Waals surface area contributed by atoms with E-state index in [-0.39, 0.29) is 4.90 Å². The van der Waals surface area contributed by atoms with E-state index in [9.17, 15) is 17.2 Å². The molecule has 3 aromatic rings. The van der Waals surface area contributed by atoms with Crippen LogP contribution in [0.4, 0.5) is 8.78 Å². The van der Waals surface area contributed by atoms with Gasteiger partial charge in [0.2, 0.25) is 10.0 Å². The molecule has 2 aromatic carbocycles. The van der Waals surface area contributed by atoms with Crippen LogP contribution in [0.3, 0.4) is 0 Å². The standard InChI is InChI=1S/C16H14F2N4O2S/c1-11(12-2-4-13(5-3-12)22-10-19-9-20-22)21-25(23,24)14-6-7-15(17)16(18)8-14/h2-11,21H,1H3/t11-/m1/s1. The van der Waals surface area contributed by atoms with E-state index in [0.29, 0.717) is 11.6 Å². The molecule has 1 aromatic heterocycles. The fraction of sp³-hybridized carbons (Fsp3) is 0.125. The van der Waals surface area contributed by atoms with Crippen molar-refractivity contribution in [3.63, 3.8) is 0 Å². The van der Waals surface area contributed by atoms with Gasteiger partial charge >= 0.3 is 0 Å². The molecule has 6 nitrogen and oxygen atoms in total. The van der Waals surface area contributed by atoms with Gasteiger partial charge in [0.1, 0.15) is 12.7 Å². The lowest BCUT2D eigenvalue weighted by Gasteiger charge is -2.15. The zero-order chi connectivity index (χ0) is 18.0. The quantitative estimate of drug-likeness (QED) is 0.755. The number of aromatic nitrogens is 3. The first kappa shape index (κ1) is 17.2. The van der Waals surface area contributed by atoms with Gasteiger partial charge in [0.05, 0.1) is 10.6 Å². The summed E-state index contributed by atoms with van der Waals surface area (Å²) in [6.45, 7) is 1.65. The van der Waals surface area contributed by atoms with Gasteiger partial charge in [0.15, 0.2) is 11.6 Å². The van der Waals surface area contributed by atoms with Gasteiger partial charge in [-0.05, 0) is 42.8 Å². The van der Waals surface area contributed by atoms with Crippen LogP contribution in [0.1, 0.15) is 18.5 Å². The van der Waals surface area contributed by atoms with E-state index in [1.54, 1.807) is 42.2 Å². The third-order valence-electron chi connectivity index (χ3n) is 3.61. The zero-order valence-electron chi connectivity index (χ0n) is 13.1. The zero-order valence-corrected chi connectivity index (χ0v) is 13.9. The molecule has 3 rings (SSSR count). The van der Waals surface area contributed by atoms with Gasteiger partial charge < -0.3 is 0 Å². The number of hydrogen-bond acceptors (Lipinski definition) is 4. The first-order valence-electron chi connectivity index (χ1n) is 7.29. The van der Waals surface area contributed by atoms with Crippen LogP contribution in [0.15, 0.2) is 60.0 Å². The van der Waals surface area contributed by atoms with Gasteiger partial charge in [0.25, 0.3) is 0 Å². The highest BCUT2D eigenvalue weighted by Gasteiger charge is 2.20.